The molecule has 0 aromatic heterocycles. The highest BCUT2D eigenvalue weighted by molar-refractivity contribution is 9.10. The van der Waals surface area contributed by atoms with Crippen molar-refractivity contribution in [1.82, 2.24) is 5.32 Å². The van der Waals surface area contributed by atoms with Crippen molar-refractivity contribution in [2.24, 2.45) is 0 Å². The van der Waals surface area contributed by atoms with E-state index in [0.29, 0.717) is 13.3 Å². The van der Waals surface area contributed by atoms with Crippen molar-refractivity contribution < 1.29 is 17.6 Å². The Hall–Kier alpha value is -1.11. The number of alkyl halides is 4. The van der Waals surface area contributed by atoms with Gasteiger partial charge in [0.05, 0.1) is 0 Å². The van der Waals surface area contributed by atoms with Crippen LogP contribution in [0.1, 0.15) is 67.7 Å². The minimum atomic E-state index is -4.93. The maximum atomic E-state index is 14.5. The summed E-state index contributed by atoms with van der Waals surface area (Å²) in [4.78, 5) is 0. The maximum absolute atomic E-state index is 14.5. The number of hydrogen-bond acceptors (Lipinski definition) is 1. The molecule has 1 N–H and O–H groups in total. The van der Waals surface area contributed by atoms with Crippen LogP contribution in [0.3, 0.4) is 0 Å². The number of nitrogens with one attached hydrogen (secondary N) is 1. The minimum absolute atomic E-state index is 0. The normalized spacial score (nSPS) is 25.3. The lowest BCUT2D eigenvalue weighted by Gasteiger charge is -2.42. The molecule has 2 aromatic carbocycles. The van der Waals surface area contributed by atoms with Gasteiger partial charge in [0.15, 0.2) is 0 Å². The van der Waals surface area contributed by atoms with Crippen molar-refractivity contribution in [2.75, 3.05) is 6.54 Å². The predicted molar refractivity (Wildman–Crippen MR) is 131 cm³/mol. The molecular formula is C26H31BrClF4N. The number of benzene rings is 2. The standard InChI is InChI=1S/C22H22BrF4N.C4H8.ClH/c1-20(24,22(25,26)27)16-5-8-18-15(12-16)4-9-19-21(18,10-11-28-19)13-14-2-6-17(23)7-3-14;1-2-4-3-1;/h2-3,5-8,12,19,28H,4,9-11,13H2,1H3;1-4H2;1H. The van der Waals surface area contributed by atoms with Gasteiger partial charge in [-0.05, 0) is 73.5 Å². The van der Waals surface area contributed by atoms with Crippen molar-refractivity contribution >= 4 is 28.3 Å². The van der Waals surface area contributed by atoms with Crippen LogP contribution >= 0.6 is 28.3 Å². The fourth-order valence-corrected chi connectivity index (χ4v) is 5.37. The molecule has 5 rings (SSSR count). The Labute approximate surface area is 208 Å². The molecule has 0 spiro atoms. The first kappa shape index (κ1) is 26.5. The Kier molecular flexibility index (Phi) is 8.23. The van der Waals surface area contributed by atoms with Crippen molar-refractivity contribution in [3.63, 3.8) is 0 Å². The predicted octanol–water partition coefficient (Wildman–Crippen LogP) is 7.97. The molecule has 1 aliphatic heterocycles. The molecule has 1 saturated carbocycles. The van der Waals surface area contributed by atoms with E-state index in [-0.39, 0.29) is 29.4 Å². The second kappa shape index (κ2) is 10.2. The van der Waals surface area contributed by atoms with E-state index in [4.69, 9.17) is 0 Å². The molecule has 7 heteroatoms. The quantitative estimate of drug-likeness (QED) is 0.384. The molecule has 2 aromatic rings. The van der Waals surface area contributed by atoms with E-state index in [9.17, 15) is 17.6 Å². The van der Waals surface area contributed by atoms with Gasteiger partial charge in [-0.1, -0.05) is 71.9 Å². The van der Waals surface area contributed by atoms with E-state index >= 15 is 0 Å². The third-order valence-corrected chi connectivity index (χ3v) is 8.01. The van der Waals surface area contributed by atoms with Gasteiger partial charge in [-0.2, -0.15) is 13.2 Å². The molecule has 0 radical (unpaired) electrons. The van der Waals surface area contributed by atoms with Gasteiger partial charge in [0.1, 0.15) is 0 Å². The first-order valence-electron chi connectivity index (χ1n) is 11.5. The topological polar surface area (TPSA) is 12.0 Å². The summed E-state index contributed by atoms with van der Waals surface area (Å²) in [7, 11) is 0. The van der Waals surface area contributed by atoms with Crippen LogP contribution in [0, 0.1) is 0 Å². The number of aryl methyl sites for hydroxylation is 1. The highest BCUT2D eigenvalue weighted by atomic mass is 79.9. The molecule has 1 heterocycles. The molecule has 3 unspecified atom stereocenters. The Morgan fingerprint density at radius 1 is 1.00 bits per heavy atom. The summed E-state index contributed by atoms with van der Waals surface area (Å²) >= 11 is 3.45. The Morgan fingerprint density at radius 2 is 1.64 bits per heavy atom. The van der Waals surface area contributed by atoms with Gasteiger partial charge in [0.25, 0.3) is 0 Å². The lowest BCUT2D eigenvalue weighted by Crippen LogP contribution is -2.46. The number of hydrogen-bond donors (Lipinski definition) is 1. The molecule has 1 nitrogen and oxygen atoms in total. The largest absolute Gasteiger partial charge is 0.426 e. The molecular weight excluding hydrogens is 518 g/mol. The first-order chi connectivity index (χ1) is 15.1. The average molecular weight is 549 g/mol. The van der Waals surface area contributed by atoms with Crippen LogP contribution in [-0.2, 0) is 23.9 Å². The van der Waals surface area contributed by atoms with Crippen LogP contribution in [0.15, 0.2) is 46.9 Å². The van der Waals surface area contributed by atoms with Crippen LogP contribution in [-0.4, -0.2) is 18.8 Å². The molecule has 0 amide bonds. The van der Waals surface area contributed by atoms with Gasteiger partial charge in [-0.15, -0.1) is 12.4 Å². The van der Waals surface area contributed by atoms with Crippen LogP contribution in [0.4, 0.5) is 17.6 Å². The lowest BCUT2D eigenvalue weighted by molar-refractivity contribution is -0.228. The van der Waals surface area contributed by atoms with Gasteiger partial charge in [0, 0.05) is 15.9 Å². The van der Waals surface area contributed by atoms with E-state index in [1.165, 1.54) is 43.4 Å². The van der Waals surface area contributed by atoms with Crippen molar-refractivity contribution in [3.8, 4) is 0 Å². The van der Waals surface area contributed by atoms with E-state index in [1.54, 1.807) is 6.07 Å². The fourth-order valence-electron chi connectivity index (χ4n) is 5.10. The molecule has 33 heavy (non-hydrogen) atoms. The van der Waals surface area contributed by atoms with Crippen LogP contribution in [0.2, 0.25) is 0 Å². The molecule has 2 aliphatic carbocycles. The molecule has 3 atom stereocenters. The zero-order chi connectivity index (χ0) is 23.0. The summed E-state index contributed by atoms with van der Waals surface area (Å²) in [5.41, 5.74) is -0.696. The Balaban J connectivity index is 0.000000555. The van der Waals surface area contributed by atoms with Gasteiger partial charge >= 0.3 is 6.18 Å². The van der Waals surface area contributed by atoms with Crippen molar-refractivity contribution in [2.45, 2.75) is 81.6 Å². The summed E-state index contributed by atoms with van der Waals surface area (Å²) in [5, 5.41) is 3.58. The Bertz CT molecular complexity index is 936. The minimum Gasteiger partial charge on any atom is -0.313 e. The molecule has 0 bridgehead atoms. The summed E-state index contributed by atoms with van der Waals surface area (Å²) in [6.45, 7) is 1.49. The fraction of sp³-hybridized carbons (Fsp3) is 0.538. The molecule has 2 fully saturated rings. The second-order valence-corrected chi connectivity index (χ2v) is 10.5. The van der Waals surface area contributed by atoms with Crippen LogP contribution < -0.4 is 5.32 Å². The highest BCUT2D eigenvalue weighted by Gasteiger charge is 2.54. The zero-order valence-electron chi connectivity index (χ0n) is 18.8. The van der Waals surface area contributed by atoms with Gasteiger partial charge in [-0.3, -0.25) is 0 Å². The third kappa shape index (κ3) is 5.28. The summed E-state index contributed by atoms with van der Waals surface area (Å²) < 4.78 is 55.0. The van der Waals surface area contributed by atoms with Gasteiger partial charge in [-0.25, -0.2) is 4.39 Å². The zero-order valence-corrected chi connectivity index (χ0v) is 21.2. The maximum Gasteiger partial charge on any atom is 0.426 e. The smallest absolute Gasteiger partial charge is 0.313 e. The summed E-state index contributed by atoms with van der Waals surface area (Å²) in [6, 6.07) is 13.0. The molecule has 3 aliphatic rings. The van der Waals surface area contributed by atoms with E-state index in [2.05, 4.69) is 33.4 Å². The number of fused-ring (bicyclic) bond motifs is 3. The lowest BCUT2D eigenvalue weighted by atomic mass is 9.63. The summed E-state index contributed by atoms with van der Waals surface area (Å²) in [5.74, 6) is 0. The second-order valence-electron chi connectivity index (χ2n) is 9.54. The SMILES string of the molecule is C1CCC1.CC(F)(c1ccc2c(c1)CCC1NCCC21Cc1ccc(Br)cc1)C(F)(F)F.Cl. The van der Waals surface area contributed by atoms with Crippen molar-refractivity contribution in [3.05, 3.63) is 69.2 Å². The average Bonchev–Trinajstić information content (AvgIpc) is 3.11. The van der Waals surface area contributed by atoms with Crippen molar-refractivity contribution in [1.29, 1.82) is 0 Å². The van der Waals surface area contributed by atoms with Gasteiger partial charge in [0.2, 0.25) is 5.67 Å². The third-order valence-electron chi connectivity index (χ3n) is 7.48. The van der Waals surface area contributed by atoms with E-state index in [1.807, 2.05) is 12.1 Å². The van der Waals surface area contributed by atoms with Crippen LogP contribution in [0.25, 0.3) is 0 Å². The molecule has 1 saturated heterocycles. The van der Waals surface area contributed by atoms with Crippen LogP contribution in [0.5, 0.6) is 0 Å². The number of rotatable bonds is 3. The number of halogens is 6. The molecule has 182 valence electrons. The summed E-state index contributed by atoms with van der Waals surface area (Å²) in [6.07, 6.45) is 4.32. The first-order valence-corrected chi connectivity index (χ1v) is 12.3. The highest BCUT2D eigenvalue weighted by Crippen LogP contribution is 2.48. The Morgan fingerprint density at radius 3 is 2.21 bits per heavy atom. The van der Waals surface area contributed by atoms with E-state index < -0.39 is 11.8 Å². The van der Waals surface area contributed by atoms with E-state index in [0.717, 1.165) is 41.4 Å². The monoisotopic (exact) mass is 547 g/mol. The van der Waals surface area contributed by atoms with Gasteiger partial charge < -0.3 is 5.32 Å².